The zero-order valence-electron chi connectivity index (χ0n) is 35.9. The maximum absolute atomic E-state index is 15.5. The summed E-state index contributed by atoms with van der Waals surface area (Å²) in [6, 6.07) is 16.9. The third-order valence-corrected chi connectivity index (χ3v) is 13.8. The molecule has 2 aliphatic heterocycles. The number of hydrogen-bond acceptors (Lipinski definition) is 8. The number of nitrogens with zero attached hydrogens (tertiary/aromatic N) is 8. The predicted molar refractivity (Wildman–Crippen MR) is 233 cm³/mol. The van der Waals surface area contributed by atoms with Crippen LogP contribution in [0.4, 0.5) is 4.39 Å². The average Bonchev–Trinajstić information content (AvgIpc) is 3.92. The lowest BCUT2D eigenvalue weighted by molar-refractivity contribution is -0.0592. The SMILES string of the molecule is Cc1cc(-n2nc3c(c2-n2ccn(-c4ccc5[nH]ncc5c4)c2=O)[C@H](C)N(C(=O)c2cc4cc([C@H]5CCOC(C)(C)C5)ccc4n2[C@@]2(c4noc(=O)[nH]4)C[C@@H]2C)CC3)cc(C)c1F. The minimum Gasteiger partial charge on any atom is -0.376 e. The lowest BCUT2D eigenvalue weighted by atomic mass is 9.83. The number of aromatic amines is 2. The van der Waals surface area contributed by atoms with Crippen molar-refractivity contribution in [2.45, 2.75) is 90.3 Å². The molecule has 11 rings (SSSR count). The van der Waals surface area contributed by atoms with E-state index in [9.17, 15) is 9.59 Å². The molecule has 1 saturated carbocycles. The van der Waals surface area contributed by atoms with Crippen LogP contribution in [0.5, 0.6) is 0 Å². The van der Waals surface area contributed by atoms with Gasteiger partial charge in [-0.1, -0.05) is 18.1 Å². The number of hydrogen-bond donors (Lipinski definition) is 2. The molecule has 0 spiro atoms. The van der Waals surface area contributed by atoms with Crippen LogP contribution in [0.1, 0.15) is 103 Å². The average molecular weight is 851 g/mol. The van der Waals surface area contributed by atoms with Gasteiger partial charge in [-0.3, -0.25) is 28.5 Å². The number of halogens is 1. The van der Waals surface area contributed by atoms with E-state index < -0.39 is 17.3 Å². The molecule has 2 N–H and O–H groups in total. The van der Waals surface area contributed by atoms with Crippen molar-refractivity contribution in [3.05, 3.63) is 140 Å². The van der Waals surface area contributed by atoms with E-state index in [4.69, 9.17) is 14.4 Å². The fourth-order valence-electron chi connectivity index (χ4n) is 10.5. The first kappa shape index (κ1) is 39.1. The van der Waals surface area contributed by atoms with Gasteiger partial charge in [0.2, 0.25) is 0 Å². The molecule has 0 bridgehead atoms. The molecule has 63 heavy (non-hydrogen) atoms. The van der Waals surface area contributed by atoms with Gasteiger partial charge in [0.05, 0.1) is 40.4 Å². The predicted octanol–water partition coefficient (Wildman–Crippen LogP) is 7.29. The molecule has 4 atom stereocenters. The summed E-state index contributed by atoms with van der Waals surface area (Å²) in [5.74, 6) is -0.0244. The molecule has 3 aliphatic rings. The van der Waals surface area contributed by atoms with Gasteiger partial charge in [0, 0.05) is 53.8 Å². The summed E-state index contributed by atoms with van der Waals surface area (Å²) in [7, 11) is 0. The third kappa shape index (κ3) is 6.01. The number of carbonyl (C=O) groups is 1. The van der Waals surface area contributed by atoms with Crippen LogP contribution in [0.25, 0.3) is 39.0 Å². The second-order valence-corrected chi connectivity index (χ2v) is 18.3. The van der Waals surface area contributed by atoms with E-state index in [-0.39, 0.29) is 34.9 Å². The molecule has 0 radical (unpaired) electrons. The molecule has 2 fully saturated rings. The van der Waals surface area contributed by atoms with Crippen LogP contribution < -0.4 is 11.4 Å². The molecule has 1 saturated heterocycles. The van der Waals surface area contributed by atoms with Gasteiger partial charge in [0.1, 0.15) is 22.9 Å². The van der Waals surface area contributed by atoms with E-state index >= 15 is 9.18 Å². The first-order valence-electron chi connectivity index (χ1n) is 21.5. The Kier molecular flexibility index (Phi) is 8.59. The maximum Gasteiger partial charge on any atom is 0.438 e. The van der Waals surface area contributed by atoms with Crippen LogP contribution in [0.15, 0.2) is 87.3 Å². The van der Waals surface area contributed by atoms with Crippen molar-refractivity contribution >= 4 is 27.7 Å². The number of aromatic nitrogens is 9. The summed E-state index contributed by atoms with van der Waals surface area (Å²) in [6.45, 7) is 12.7. The van der Waals surface area contributed by atoms with E-state index in [1.54, 1.807) is 58.4 Å². The van der Waals surface area contributed by atoms with Crippen molar-refractivity contribution in [1.82, 2.24) is 48.7 Å². The van der Waals surface area contributed by atoms with Gasteiger partial charge in [-0.05, 0) is 131 Å². The maximum atomic E-state index is 15.5. The Morgan fingerprint density at radius 1 is 0.937 bits per heavy atom. The minimum atomic E-state index is -0.824. The van der Waals surface area contributed by atoms with Crippen molar-refractivity contribution in [1.29, 1.82) is 0 Å². The fraction of sp³-hybridized carbons (Fsp3) is 0.362. The van der Waals surface area contributed by atoms with Crippen molar-refractivity contribution in [2.75, 3.05) is 13.2 Å². The quantitative estimate of drug-likeness (QED) is 0.169. The number of H-pyrrole nitrogens is 2. The van der Waals surface area contributed by atoms with Crippen LogP contribution in [-0.2, 0) is 16.7 Å². The molecule has 16 heteroatoms. The van der Waals surface area contributed by atoms with Crippen molar-refractivity contribution in [3.63, 3.8) is 0 Å². The number of amides is 1. The van der Waals surface area contributed by atoms with Gasteiger partial charge in [0.25, 0.3) is 5.91 Å². The lowest BCUT2D eigenvalue weighted by Crippen LogP contribution is -2.41. The second-order valence-electron chi connectivity index (χ2n) is 18.3. The number of aryl methyl sites for hydroxylation is 2. The zero-order valence-corrected chi connectivity index (χ0v) is 35.9. The second kappa shape index (κ2) is 13.8. The Balaban J connectivity index is 1.06. The number of carbonyl (C=O) groups excluding carboxylic acids is 1. The Labute approximate surface area is 360 Å². The van der Waals surface area contributed by atoms with Crippen LogP contribution in [0.3, 0.4) is 0 Å². The molecule has 0 unspecified atom stereocenters. The monoisotopic (exact) mass is 850 g/mol. The van der Waals surface area contributed by atoms with Gasteiger partial charge < -0.3 is 14.2 Å². The first-order valence-corrected chi connectivity index (χ1v) is 21.5. The molecule has 1 aliphatic carbocycles. The van der Waals surface area contributed by atoms with Gasteiger partial charge >= 0.3 is 11.4 Å². The zero-order chi connectivity index (χ0) is 43.7. The molecular weight excluding hydrogens is 804 g/mol. The highest BCUT2D eigenvalue weighted by molar-refractivity contribution is 6.00. The fourth-order valence-corrected chi connectivity index (χ4v) is 10.5. The van der Waals surface area contributed by atoms with Crippen LogP contribution in [0.2, 0.25) is 0 Å². The molecule has 7 heterocycles. The van der Waals surface area contributed by atoms with Gasteiger partial charge in [-0.2, -0.15) is 10.2 Å². The van der Waals surface area contributed by atoms with Crippen molar-refractivity contribution in [2.24, 2.45) is 5.92 Å². The molecule has 8 aromatic rings. The standard InChI is InChI=1S/C47H47FN10O5/c1-25-17-34(18-26(2)40(25)48)58-41(56-15-14-55(45(56)61)33-8-9-35-32(20-33)24-49-51-35)39-28(4)54(13-11-36(39)52-58)42(59)38-21-31-19-29(30-12-16-62-46(5,6)23-30)7-10-37(31)57(38)47(22-27(47)3)43-50-44(60)63-53-43/h7-10,14-15,17-21,24,27-28,30H,11-13,16,22-23H2,1-6H3,(H,49,51)(H,50,53,60)/t27-,28-,30-,47-/m0/s1. The van der Waals surface area contributed by atoms with Crippen LogP contribution in [-0.4, -0.2) is 73.4 Å². The number of nitrogens with one attached hydrogen (secondary N) is 2. The molecule has 5 aromatic heterocycles. The molecule has 1 amide bonds. The molecule has 322 valence electrons. The Bertz CT molecular complexity index is 3260. The van der Waals surface area contributed by atoms with Crippen LogP contribution >= 0.6 is 0 Å². The number of ether oxygens (including phenoxy) is 1. The van der Waals surface area contributed by atoms with E-state index in [1.807, 2.05) is 36.1 Å². The Morgan fingerprint density at radius 3 is 2.44 bits per heavy atom. The molecule has 3 aromatic carbocycles. The van der Waals surface area contributed by atoms with Gasteiger partial charge in [-0.15, -0.1) is 0 Å². The smallest absolute Gasteiger partial charge is 0.376 e. The van der Waals surface area contributed by atoms with Crippen LogP contribution in [0, 0.1) is 25.6 Å². The van der Waals surface area contributed by atoms with Crippen molar-refractivity contribution < 1.29 is 18.4 Å². The minimum absolute atomic E-state index is 0.0272. The number of rotatable bonds is 7. The van der Waals surface area contributed by atoms with Gasteiger partial charge in [-0.25, -0.2) is 18.7 Å². The highest BCUT2D eigenvalue weighted by Crippen LogP contribution is 2.56. The largest absolute Gasteiger partial charge is 0.438 e. The summed E-state index contributed by atoms with van der Waals surface area (Å²) in [4.78, 5) is 47.2. The summed E-state index contributed by atoms with van der Waals surface area (Å²) in [5.41, 5.74) is 5.50. The number of fused-ring (bicyclic) bond motifs is 3. The van der Waals surface area contributed by atoms with Crippen molar-refractivity contribution in [3.8, 4) is 17.2 Å². The summed E-state index contributed by atoms with van der Waals surface area (Å²) < 4.78 is 33.1. The Hall–Kier alpha value is -6.81. The molecule has 15 nitrogen and oxygen atoms in total. The highest BCUT2D eigenvalue weighted by Gasteiger charge is 2.59. The molecular formula is C47H47FN10O5. The summed E-state index contributed by atoms with van der Waals surface area (Å²) >= 11 is 0. The summed E-state index contributed by atoms with van der Waals surface area (Å²) in [6.07, 6.45) is 7.94. The van der Waals surface area contributed by atoms with E-state index in [1.165, 1.54) is 5.56 Å². The number of benzene rings is 3. The van der Waals surface area contributed by atoms with E-state index in [2.05, 4.69) is 63.9 Å². The highest BCUT2D eigenvalue weighted by atomic mass is 19.1. The van der Waals surface area contributed by atoms with Gasteiger partial charge in [0.15, 0.2) is 5.82 Å². The topological polar surface area (TPSA) is 167 Å². The Morgan fingerprint density at radius 2 is 1.71 bits per heavy atom. The van der Waals surface area contributed by atoms with E-state index in [0.717, 1.165) is 40.3 Å². The summed E-state index contributed by atoms with van der Waals surface area (Å²) in [5, 5.41) is 18.2. The number of imidazole rings is 1. The van der Waals surface area contributed by atoms with E-state index in [0.29, 0.717) is 71.4 Å². The first-order chi connectivity index (χ1) is 30.2. The third-order valence-electron chi connectivity index (χ3n) is 13.8. The lowest BCUT2D eigenvalue weighted by Gasteiger charge is -2.35. The normalized spacial score (nSPS) is 22.0.